The van der Waals surface area contributed by atoms with Crippen LogP contribution in [-0.4, -0.2) is 64.4 Å². The summed E-state index contributed by atoms with van der Waals surface area (Å²) in [6.45, 7) is 2.40. The lowest BCUT2D eigenvalue weighted by molar-refractivity contribution is 0.0970. The Hall–Kier alpha value is -1.56. The maximum absolute atomic E-state index is 12.8. The van der Waals surface area contributed by atoms with Crippen LogP contribution in [-0.2, 0) is 6.54 Å². The number of hydrogen-bond donors (Lipinski definition) is 1. The predicted molar refractivity (Wildman–Crippen MR) is 94.9 cm³/mol. The summed E-state index contributed by atoms with van der Waals surface area (Å²) in [5.41, 5.74) is 0.130. The van der Waals surface area contributed by atoms with Crippen molar-refractivity contribution in [2.45, 2.75) is 63.1 Å². The van der Waals surface area contributed by atoms with Crippen molar-refractivity contribution in [3.8, 4) is 0 Å². The standard InChI is InChI=1S/C18H31N5O/c1-21(2)18(9-4-3-5-10-18)15-19-17(24)23-13-6-8-16(23)14-22-12-7-11-20-22/h7,11-12,16H,3-6,8-10,13-15H2,1-2H3,(H,19,24)/t16-/m0/s1. The van der Waals surface area contributed by atoms with E-state index < -0.39 is 0 Å². The van der Waals surface area contributed by atoms with Crippen LogP contribution in [0, 0.1) is 0 Å². The lowest BCUT2D eigenvalue weighted by Crippen LogP contribution is -2.56. The first-order chi connectivity index (χ1) is 11.6. The van der Waals surface area contributed by atoms with E-state index in [1.165, 1.54) is 32.1 Å². The van der Waals surface area contributed by atoms with Crippen LogP contribution in [0.15, 0.2) is 18.5 Å². The number of carbonyl (C=O) groups is 1. The smallest absolute Gasteiger partial charge is 0.317 e. The zero-order valence-electron chi connectivity index (χ0n) is 15.1. The number of aromatic nitrogens is 2. The molecule has 134 valence electrons. The van der Waals surface area contributed by atoms with Gasteiger partial charge in [-0.05, 0) is 45.8 Å². The highest BCUT2D eigenvalue weighted by molar-refractivity contribution is 5.75. The average Bonchev–Trinajstić information content (AvgIpc) is 3.26. The molecule has 1 N–H and O–H groups in total. The molecule has 2 aliphatic rings. The number of nitrogens with one attached hydrogen (secondary N) is 1. The zero-order chi connectivity index (χ0) is 17.0. The SMILES string of the molecule is CN(C)C1(CNC(=O)N2CCC[C@H]2Cn2cccn2)CCCCC1. The van der Waals surface area contributed by atoms with Gasteiger partial charge in [-0.3, -0.25) is 4.68 Å². The van der Waals surface area contributed by atoms with Crippen molar-refractivity contribution < 1.29 is 4.79 Å². The fourth-order valence-corrected chi connectivity index (χ4v) is 4.25. The molecule has 1 aliphatic heterocycles. The lowest BCUT2D eigenvalue weighted by atomic mass is 9.80. The van der Waals surface area contributed by atoms with Crippen molar-refractivity contribution in [2.24, 2.45) is 0 Å². The van der Waals surface area contributed by atoms with E-state index in [-0.39, 0.29) is 17.6 Å². The van der Waals surface area contributed by atoms with E-state index in [0.29, 0.717) is 0 Å². The molecule has 1 atom stereocenters. The van der Waals surface area contributed by atoms with Gasteiger partial charge in [0.2, 0.25) is 0 Å². The van der Waals surface area contributed by atoms with Crippen LogP contribution >= 0.6 is 0 Å². The molecule has 3 rings (SSSR count). The topological polar surface area (TPSA) is 53.4 Å². The second-order valence-corrected chi connectivity index (χ2v) is 7.56. The van der Waals surface area contributed by atoms with Crippen molar-refractivity contribution in [3.05, 3.63) is 18.5 Å². The summed E-state index contributed by atoms with van der Waals surface area (Å²) in [6, 6.07) is 2.28. The van der Waals surface area contributed by atoms with Crippen molar-refractivity contribution in [1.29, 1.82) is 0 Å². The summed E-state index contributed by atoms with van der Waals surface area (Å²) in [5.74, 6) is 0. The quantitative estimate of drug-likeness (QED) is 0.900. The van der Waals surface area contributed by atoms with Gasteiger partial charge in [-0.15, -0.1) is 0 Å². The number of rotatable bonds is 5. The number of hydrogen-bond acceptors (Lipinski definition) is 3. The molecule has 24 heavy (non-hydrogen) atoms. The number of amides is 2. The third-order valence-corrected chi connectivity index (χ3v) is 5.90. The van der Waals surface area contributed by atoms with Crippen molar-refractivity contribution in [3.63, 3.8) is 0 Å². The van der Waals surface area contributed by atoms with Gasteiger partial charge in [-0.2, -0.15) is 5.10 Å². The average molecular weight is 333 g/mol. The fraction of sp³-hybridized carbons (Fsp3) is 0.778. The van der Waals surface area contributed by atoms with Crippen molar-refractivity contribution in [1.82, 2.24) is 24.9 Å². The molecule has 1 aromatic heterocycles. The number of urea groups is 1. The Morgan fingerprint density at radius 1 is 1.29 bits per heavy atom. The number of nitrogens with zero attached hydrogens (tertiary/aromatic N) is 4. The largest absolute Gasteiger partial charge is 0.336 e. The summed E-state index contributed by atoms with van der Waals surface area (Å²) >= 11 is 0. The second-order valence-electron chi connectivity index (χ2n) is 7.56. The summed E-state index contributed by atoms with van der Waals surface area (Å²) in [6.07, 6.45) is 12.1. The first kappa shape index (κ1) is 17.3. The van der Waals surface area contributed by atoms with E-state index in [2.05, 4.69) is 29.4 Å². The maximum Gasteiger partial charge on any atom is 0.317 e. The van der Waals surface area contributed by atoms with Gasteiger partial charge in [-0.25, -0.2) is 4.79 Å². The molecule has 2 amide bonds. The van der Waals surface area contributed by atoms with Crippen LogP contribution in [0.1, 0.15) is 44.9 Å². The summed E-state index contributed by atoms with van der Waals surface area (Å²) in [7, 11) is 4.29. The third kappa shape index (κ3) is 3.74. The van der Waals surface area contributed by atoms with Gasteiger partial charge in [-0.1, -0.05) is 19.3 Å². The number of likely N-dealkylation sites (N-methyl/N-ethyl adjacent to an activating group) is 1. The van der Waals surface area contributed by atoms with Crippen LogP contribution in [0.25, 0.3) is 0 Å². The molecule has 0 unspecified atom stereocenters. The molecule has 1 aromatic rings. The summed E-state index contributed by atoms with van der Waals surface area (Å²) in [5, 5.41) is 7.52. The molecule has 1 aliphatic carbocycles. The predicted octanol–water partition coefficient (Wildman–Crippen LogP) is 2.32. The Labute approximate surface area is 145 Å². The van der Waals surface area contributed by atoms with Crippen LogP contribution in [0.5, 0.6) is 0 Å². The van der Waals surface area contributed by atoms with Gasteiger partial charge in [0.05, 0.1) is 12.6 Å². The third-order valence-electron chi connectivity index (χ3n) is 5.90. The van der Waals surface area contributed by atoms with E-state index in [9.17, 15) is 4.79 Å². The van der Waals surface area contributed by atoms with Gasteiger partial charge in [0.15, 0.2) is 0 Å². The van der Waals surface area contributed by atoms with E-state index >= 15 is 0 Å². The Bertz CT molecular complexity index is 522. The molecule has 0 aromatic carbocycles. The normalized spacial score (nSPS) is 23.6. The molecule has 6 heteroatoms. The van der Waals surface area contributed by atoms with Crippen LogP contribution in [0.4, 0.5) is 4.79 Å². The Kier molecular flexibility index (Phi) is 5.43. The molecule has 1 saturated carbocycles. The first-order valence-electron chi connectivity index (χ1n) is 9.30. The molecule has 1 saturated heterocycles. The van der Waals surface area contributed by atoms with Gasteiger partial charge in [0.1, 0.15) is 0 Å². The van der Waals surface area contributed by atoms with Crippen LogP contribution < -0.4 is 5.32 Å². The lowest BCUT2D eigenvalue weighted by Gasteiger charge is -2.43. The zero-order valence-corrected chi connectivity index (χ0v) is 15.1. The van der Waals surface area contributed by atoms with Crippen LogP contribution in [0.3, 0.4) is 0 Å². The number of carbonyl (C=O) groups excluding carboxylic acids is 1. The Balaban J connectivity index is 1.57. The minimum absolute atomic E-state index is 0.0939. The van der Waals surface area contributed by atoms with E-state index in [0.717, 1.165) is 32.5 Å². The molecule has 0 spiro atoms. The molecule has 6 nitrogen and oxygen atoms in total. The highest BCUT2D eigenvalue weighted by Crippen LogP contribution is 2.31. The van der Waals surface area contributed by atoms with Crippen LogP contribution in [0.2, 0.25) is 0 Å². The monoisotopic (exact) mass is 333 g/mol. The highest BCUT2D eigenvalue weighted by atomic mass is 16.2. The first-order valence-corrected chi connectivity index (χ1v) is 9.30. The minimum atomic E-state index is 0.0939. The minimum Gasteiger partial charge on any atom is -0.336 e. The van der Waals surface area contributed by atoms with Gasteiger partial charge < -0.3 is 15.1 Å². The molecule has 0 bridgehead atoms. The van der Waals surface area contributed by atoms with Crippen molar-refractivity contribution in [2.75, 3.05) is 27.2 Å². The molecular weight excluding hydrogens is 302 g/mol. The van der Waals surface area contributed by atoms with E-state index in [4.69, 9.17) is 0 Å². The van der Waals surface area contributed by atoms with E-state index in [1.54, 1.807) is 6.20 Å². The van der Waals surface area contributed by atoms with Crippen molar-refractivity contribution >= 4 is 6.03 Å². The van der Waals surface area contributed by atoms with Gasteiger partial charge >= 0.3 is 6.03 Å². The van der Waals surface area contributed by atoms with Gasteiger partial charge in [0.25, 0.3) is 0 Å². The Morgan fingerprint density at radius 3 is 2.75 bits per heavy atom. The summed E-state index contributed by atoms with van der Waals surface area (Å²) in [4.78, 5) is 17.1. The number of likely N-dealkylation sites (tertiary alicyclic amines) is 1. The molecule has 0 radical (unpaired) electrons. The second kappa shape index (κ2) is 7.55. The van der Waals surface area contributed by atoms with Gasteiger partial charge in [0, 0.05) is 31.0 Å². The van der Waals surface area contributed by atoms with E-state index in [1.807, 2.05) is 21.8 Å². The Morgan fingerprint density at radius 2 is 2.08 bits per heavy atom. The highest BCUT2D eigenvalue weighted by Gasteiger charge is 2.36. The molecule has 2 heterocycles. The molecular formula is C18H31N5O. The fourth-order valence-electron chi connectivity index (χ4n) is 4.25. The molecule has 2 fully saturated rings. The summed E-state index contributed by atoms with van der Waals surface area (Å²) < 4.78 is 1.93. The maximum atomic E-state index is 12.8.